The smallest absolute Gasteiger partial charge is 0.261 e. The van der Waals surface area contributed by atoms with E-state index in [0.29, 0.717) is 34.8 Å². The SMILES string of the molecule is O=C(NCCNC(=O)c1cccs1)c1ccc(NC(=O)c2ccccc2I)cc1. The molecule has 0 fully saturated rings. The summed E-state index contributed by atoms with van der Waals surface area (Å²) in [7, 11) is 0. The standard InChI is InChI=1S/C21H18IN3O3S/c22-17-5-2-1-4-16(17)20(27)25-15-9-7-14(8-10-15)19(26)23-11-12-24-21(28)18-6-3-13-29-18/h1-10,13H,11-12H2,(H,23,26)(H,24,28)(H,25,27). The van der Waals surface area contributed by atoms with E-state index >= 15 is 0 Å². The molecule has 0 aliphatic carbocycles. The maximum absolute atomic E-state index is 12.3. The summed E-state index contributed by atoms with van der Waals surface area (Å²) in [5.74, 6) is -0.595. The van der Waals surface area contributed by atoms with Crippen LogP contribution < -0.4 is 16.0 Å². The molecular formula is C21H18IN3O3S. The van der Waals surface area contributed by atoms with E-state index in [0.717, 1.165) is 3.57 Å². The van der Waals surface area contributed by atoms with Crippen LogP contribution in [-0.2, 0) is 0 Å². The highest BCUT2D eigenvalue weighted by molar-refractivity contribution is 14.1. The second kappa shape index (κ2) is 10.2. The first kappa shape index (κ1) is 21.0. The van der Waals surface area contributed by atoms with Crippen molar-refractivity contribution in [3.8, 4) is 0 Å². The molecule has 0 saturated heterocycles. The highest BCUT2D eigenvalue weighted by Gasteiger charge is 2.11. The molecular weight excluding hydrogens is 501 g/mol. The van der Waals surface area contributed by atoms with Gasteiger partial charge in [-0.1, -0.05) is 18.2 Å². The van der Waals surface area contributed by atoms with Crippen LogP contribution >= 0.6 is 33.9 Å². The van der Waals surface area contributed by atoms with Crippen LogP contribution in [0.2, 0.25) is 0 Å². The second-order valence-electron chi connectivity index (χ2n) is 6.00. The molecule has 0 saturated carbocycles. The number of carbonyl (C=O) groups is 3. The predicted octanol–water partition coefficient (Wildman–Crippen LogP) is 3.76. The van der Waals surface area contributed by atoms with Gasteiger partial charge in [0.05, 0.1) is 10.4 Å². The third-order valence-corrected chi connectivity index (χ3v) is 5.77. The minimum absolute atomic E-state index is 0.151. The summed E-state index contributed by atoms with van der Waals surface area (Å²) in [6.07, 6.45) is 0. The van der Waals surface area contributed by atoms with Crippen LogP contribution in [-0.4, -0.2) is 30.8 Å². The van der Waals surface area contributed by atoms with Gasteiger partial charge in [0.2, 0.25) is 0 Å². The monoisotopic (exact) mass is 519 g/mol. The van der Waals surface area contributed by atoms with E-state index in [9.17, 15) is 14.4 Å². The fourth-order valence-corrected chi connectivity index (χ4v) is 3.77. The highest BCUT2D eigenvalue weighted by atomic mass is 127. The molecule has 3 aromatic rings. The first-order chi connectivity index (χ1) is 14.0. The molecule has 0 spiro atoms. The van der Waals surface area contributed by atoms with Gasteiger partial charge < -0.3 is 16.0 Å². The molecule has 0 aliphatic heterocycles. The van der Waals surface area contributed by atoms with Crippen molar-refractivity contribution < 1.29 is 14.4 Å². The van der Waals surface area contributed by atoms with Crippen LogP contribution in [0.3, 0.4) is 0 Å². The Morgan fingerprint density at radius 2 is 1.48 bits per heavy atom. The molecule has 2 aromatic carbocycles. The Bertz CT molecular complexity index is 1000. The van der Waals surface area contributed by atoms with E-state index in [1.54, 1.807) is 36.4 Å². The van der Waals surface area contributed by atoms with Gasteiger partial charge in [-0.05, 0) is 70.4 Å². The Morgan fingerprint density at radius 3 is 2.14 bits per heavy atom. The van der Waals surface area contributed by atoms with Crippen molar-refractivity contribution in [2.75, 3.05) is 18.4 Å². The average Bonchev–Trinajstić information content (AvgIpc) is 3.27. The number of carbonyl (C=O) groups excluding carboxylic acids is 3. The van der Waals surface area contributed by atoms with Crippen molar-refractivity contribution in [3.63, 3.8) is 0 Å². The normalized spacial score (nSPS) is 10.2. The van der Waals surface area contributed by atoms with Crippen molar-refractivity contribution >= 4 is 57.3 Å². The van der Waals surface area contributed by atoms with E-state index < -0.39 is 0 Å². The quantitative estimate of drug-likeness (QED) is 0.328. The Hall–Kier alpha value is -2.72. The molecule has 148 valence electrons. The van der Waals surface area contributed by atoms with Crippen LogP contribution in [0, 0.1) is 3.57 Å². The van der Waals surface area contributed by atoms with E-state index in [4.69, 9.17) is 0 Å². The first-order valence-electron chi connectivity index (χ1n) is 8.80. The maximum Gasteiger partial charge on any atom is 0.261 e. The van der Waals surface area contributed by atoms with Gasteiger partial charge in [0.15, 0.2) is 0 Å². The summed E-state index contributed by atoms with van der Waals surface area (Å²) in [6, 6.07) is 17.5. The largest absolute Gasteiger partial charge is 0.350 e. The number of thiophene rings is 1. The molecule has 1 heterocycles. The zero-order valence-electron chi connectivity index (χ0n) is 15.3. The molecule has 29 heavy (non-hydrogen) atoms. The zero-order valence-corrected chi connectivity index (χ0v) is 18.3. The van der Waals surface area contributed by atoms with Crippen molar-refractivity contribution in [3.05, 3.63) is 85.6 Å². The second-order valence-corrected chi connectivity index (χ2v) is 8.11. The lowest BCUT2D eigenvalue weighted by molar-refractivity contribution is 0.0929. The van der Waals surface area contributed by atoms with Crippen molar-refractivity contribution in [1.82, 2.24) is 10.6 Å². The van der Waals surface area contributed by atoms with Crippen molar-refractivity contribution in [2.24, 2.45) is 0 Å². The van der Waals surface area contributed by atoms with Gasteiger partial charge in [0, 0.05) is 27.9 Å². The van der Waals surface area contributed by atoms with Crippen LogP contribution in [0.1, 0.15) is 30.4 Å². The van der Waals surface area contributed by atoms with E-state index in [1.165, 1.54) is 11.3 Å². The van der Waals surface area contributed by atoms with Crippen LogP contribution in [0.5, 0.6) is 0 Å². The third kappa shape index (κ3) is 5.88. The van der Waals surface area contributed by atoms with E-state index in [2.05, 4.69) is 38.5 Å². The Morgan fingerprint density at radius 1 is 0.793 bits per heavy atom. The molecule has 3 amide bonds. The summed E-state index contributed by atoms with van der Waals surface area (Å²) in [5, 5.41) is 10.2. The van der Waals surface area contributed by atoms with Crippen LogP contribution in [0.4, 0.5) is 5.69 Å². The molecule has 0 atom stereocenters. The van der Waals surface area contributed by atoms with Crippen molar-refractivity contribution in [1.29, 1.82) is 0 Å². The Kier molecular flexibility index (Phi) is 7.36. The Labute approximate surface area is 185 Å². The molecule has 6 nitrogen and oxygen atoms in total. The van der Waals surface area contributed by atoms with Crippen LogP contribution in [0.15, 0.2) is 66.0 Å². The topological polar surface area (TPSA) is 87.3 Å². The van der Waals surface area contributed by atoms with Gasteiger partial charge in [-0.3, -0.25) is 14.4 Å². The zero-order chi connectivity index (χ0) is 20.6. The van der Waals surface area contributed by atoms with Gasteiger partial charge >= 0.3 is 0 Å². The summed E-state index contributed by atoms with van der Waals surface area (Å²) < 4.78 is 0.866. The lowest BCUT2D eigenvalue weighted by atomic mass is 10.1. The van der Waals surface area contributed by atoms with Gasteiger partial charge in [-0.25, -0.2) is 0 Å². The summed E-state index contributed by atoms with van der Waals surface area (Å²) in [5.41, 5.74) is 1.68. The van der Waals surface area contributed by atoms with Crippen LogP contribution in [0.25, 0.3) is 0 Å². The number of amides is 3. The lowest BCUT2D eigenvalue weighted by Crippen LogP contribution is -2.34. The number of anilines is 1. The molecule has 0 aliphatic rings. The van der Waals surface area contributed by atoms with Gasteiger partial charge in [0.1, 0.15) is 0 Å². The average molecular weight is 519 g/mol. The molecule has 3 rings (SSSR count). The van der Waals surface area contributed by atoms with Gasteiger partial charge in [0.25, 0.3) is 17.7 Å². The van der Waals surface area contributed by atoms with Gasteiger partial charge in [-0.15, -0.1) is 11.3 Å². The van der Waals surface area contributed by atoms with Gasteiger partial charge in [-0.2, -0.15) is 0 Å². The minimum atomic E-state index is -0.245. The molecule has 1 aromatic heterocycles. The number of rotatable bonds is 7. The molecule has 0 radical (unpaired) electrons. The number of hydrogen-bond donors (Lipinski definition) is 3. The summed E-state index contributed by atoms with van der Waals surface area (Å²) >= 11 is 3.48. The molecule has 3 N–H and O–H groups in total. The number of benzene rings is 2. The highest BCUT2D eigenvalue weighted by Crippen LogP contribution is 2.15. The predicted molar refractivity (Wildman–Crippen MR) is 123 cm³/mol. The van der Waals surface area contributed by atoms with E-state index in [-0.39, 0.29) is 17.7 Å². The minimum Gasteiger partial charge on any atom is -0.350 e. The first-order valence-corrected chi connectivity index (χ1v) is 10.8. The number of hydrogen-bond acceptors (Lipinski definition) is 4. The molecule has 0 bridgehead atoms. The molecule has 8 heteroatoms. The Balaban J connectivity index is 1.46. The number of halogens is 1. The fraction of sp³-hybridized carbons (Fsp3) is 0.0952. The maximum atomic E-state index is 12.3. The molecule has 0 unspecified atom stereocenters. The van der Waals surface area contributed by atoms with E-state index in [1.807, 2.05) is 29.6 Å². The third-order valence-electron chi connectivity index (χ3n) is 3.96. The fourth-order valence-electron chi connectivity index (χ4n) is 2.50. The lowest BCUT2D eigenvalue weighted by Gasteiger charge is -2.09. The summed E-state index contributed by atoms with van der Waals surface area (Å²) in [6.45, 7) is 0.660. The number of nitrogens with one attached hydrogen (secondary N) is 3. The summed E-state index contributed by atoms with van der Waals surface area (Å²) in [4.78, 5) is 37.0. The van der Waals surface area contributed by atoms with Crippen molar-refractivity contribution in [2.45, 2.75) is 0 Å².